The van der Waals surface area contributed by atoms with E-state index in [1.807, 2.05) is 0 Å². The average Bonchev–Trinajstić information content (AvgIpc) is 2.24. The predicted molar refractivity (Wildman–Crippen MR) is 67.5 cm³/mol. The summed E-state index contributed by atoms with van der Waals surface area (Å²) in [6.45, 7) is 3.20. The first-order chi connectivity index (χ1) is 8.28. The van der Waals surface area contributed by atoms with E-state index < -0.39 is 15.8 Å². The zero-order valence-electron chi connectivity index (χ0n) is 10.3. The van der Waals surface area contributed by atoms with E-state index in [1.165, 1.54) is 13.0 Å². The quantitative estimate of drug-likeness (QED) is 0.621. The monoisotopic (exact) mass is 273 g/mol. The SMILES string of the molecule is CCN(CC(=N)N)S(=O)(=O)c1ccc(F)cc1C. The van der Waals surface area contributed by atoms with Crippen molar-refractivity contribution in [1.29, 1.82) is 5.41 Å². The number of hydrogen-bond acceptors (Lipinski definition) is 3. The number of aryl methyl sites for hydroxylation is 1. The fraction of sp³-hybridized carbons (Fsp3) is 0.364. The van der Waals surface area contributed by atoms with E-state index in [-0.39, 0.29) is 23.8 Å². The van der Waals surface area contributed by atoms with Crippen molar-refractivity contribution < 1.29 is 12.8 Å². The fourth-order valence-electron chi connectivity index (χ4n) is 1.60. The van der Waals surface area contributed by atoms with Crippen LogP contribution in [0.25, 0.3) is 0 Å². The van der Waals surface area contributed by atoms with Gasteiger partial charge in [-0.1, -0.05) is 6.92 Å². The molecule has 100 valence electrons. The number of sulfonamides is 1. The molecule has 7 heteroatoms. The Hall–Kier alpha value is -1.47. The Morgan fingerprint density at radius 3 is 2.56 bits per heavy atom. The van der Waals surface area contributed by atoms with Crippen molar-refractivity contribution in [2.75, 3.05) is 13.1 Å². The summed E-state index contributed by atoms with van der Waals surface area (Å²) < 4.78 is 38.6. The van der Waals surface area contributed by atoms with E-state index in [0.29, 0.717) is 5.56 Å². The maximum absolute atomic E-state index is 13.0. The lowest BCUT2D eigenvalue weighted by Gasteiger charge is -2.20. The third kappa shape index (κ3) is 3.05. The molecule has 0 aliphatic rings. The van der Waals surface area contributed by atoms with Gasteiger partial charge in [0.15, 0.2) is 0 Å². The maximum atomic E-state index is 13.0. The maximum Gasteiger partial charge on any atom is 0.243 e. The van der Waals surface area contributed by atoms with E-state index >= 15 is 0 Å². The Kier molecular flexibility index (Phi) is 4.42. The van der Waals surface area contributed by atoms with Crippen LogP contribution in [-0.2, 0) is 10.0 Å². The second-order valence-electron chi connectivity index (χ2n) is 3.87. The zero-order valence-corrected chi connectivity index (χ0v) is 11.1. The second kappa shape index (κ2) is 5.45. The van der Waals surface area contributed by atoms with E-state index in [4.69, 9.17) is 11.1 Å². The van der Waals surface area contributed by atoms with Crippen LogP contribution < -0.4 is 5.73 Å². The highest BCUT2D eigenvalue weighted by molar-refractivity contribution is 7.89. The Balaban J connectivity index is 3.23. The van der Waals surface area contributed by atoms with Gasteiger partial charge in [-0.05, 0) is 30.7 Å². The molecule has 0 saturated carbocycles. The Morgan fingerprint density at radius 1 is 1.50 bits per heavy atom. The third-order valence-electron chi connectivity index (χ3n) is 2.45. The van der Waals surface area contributed by atoms with Crippen LogP contribution in [0.2, 0.25) is 0 Å². The molecule has 0 aromatic heterocycles. The van der Waals surface area contributed by atoms with Crippen LogP contribution >= 0.6 is 0 Å². The first-order valence-corrected chi connectivity index (χ1v) is 6.82. The van der Waals surface area contributed by atoms with Crippen molar-refractivity contribution in [1.82, 2.24) is 4.31 Å². The molecular formula is C11H16FN3O2S. The predicted octanol–water partition coefficient (Wildman–Crippen LogP) is 1.08. The number of hydrogen-bond donors (Lipinski definition) is 2. The number of benzene rings is 1. The molecular weight excluding hydrogens is 257 g/mol. The molecule has 3 N–H and O–H groups in total. The molecule has 0 aliphatic carbocycles. The van der Waals surface area contributed by atoms with Gasteiger partial charge in [0.2, 0.25) is 10.0 Å². The lowest BCUT2D eigenvalue weighted by atomic mass is 10.2. The largest absolute Gasteiger partial charge is 0.387 e. The molecule has 1 aromatic carbocycles. The van der Waals surface area contributed by atoms with Crippen molar-refractivity contribution in [3.05, 3.63) is 29.6 Å². The first-order valence-electron chi connectivity index (χ1n) is 5.38. The molecule has 0 aliphatic heterocycles. The fourth-order valence-corrected chi connectivity index (χ4v) is 3.23. The minimum absolute atomic E-state index is 0.0343. The molecule has 0 fully saturated rings. The van der Waals surface area contributed by atoms with Crippen LogP contribution in [0.5, 0.6) is 0 Å². The van der Waals surface area contributed by atoms with Crippen molar-refractivity contribution in [3.8, 4) is 0 Å². The molecule has 0 amide bonds. The van der Waals surface area contributed by atoms with Gasteiger partial charge in [-0.3, -0.25) is 5.41 Å². The average molecular weight is 273 g/mol. The van der Waals surface area contributed by atoms with Crippen molar-refractivity contribution in [2.45, 2.75) is 18.7 Å². The standard InChI is InChI=1S/C11H16FN3O2S/c1-3-15(7-11(13)14)18(16,17)10-5-4-9(12)6-8(10)2/h4-6H,3,7H2,1-2H3,(H3,13,14). The number of halogens is 1. The van der Waals surface area contributed by atoms with Gasteiger partial charge in [0, 0.05) is 6.54 Å². The zero-order chi connectivity index (χ0) is 13.9. The smallest absolute Gasteiger partial charge is 0.243 e. The summed E-state index contributed by atoms with van der Waals surface area (Å²) in [5.74, 6) is -0.721. The van der Waals surface area contributed by atoms with Crippen LogP contribution in [0.1, 0.15) is 12.5 Å². The van der Waals surface area contributed by atoms with Gasteiger partial charge in [0.05, 0.1) is 11.4 Å². The molecule has 0 saturated heterocycles. The van der Waals surface area contributed by atoms with Crippen LogP contribution in [0.15, 0.2) is 23.1 Å². The number of likely N-dealkylation sites (N-methyl/N-ethyl adjacent to an activating group) is 1. The van der Waals surface area contributed by atoms with Gasteiger partial charge in [-0.25, -0.2) is 12.8 Å². The van der Waals surface area contributed by atoms with Crippen LogP contribution in [0.3, 0.4) is 0 Å². The highest BCUT2D eigenvalue weighted by Crippen LogP contribution is 2.20. The lowest BCUT2D eigenvalue weighted by molar-refractivity contribution is 0.465. The molecule has 0 unspecified atom stereocenters. The molecule has 0 radical (unpaired) electrons. The Bertz CT molecular complexity index is 557. The summed E-state index contributed by atoms with van der Waals surface area (Å²) in [4.78, 5) is 0.0343. The molecule has 0 heterocycles. The summed E-state index contributed by atoms with van der Waals surface area (Å²) in [5.41, 5.74) is 5.55. The van der Waals surface area contributed by atoms with Crippen molar-refractivity contribution in [2.24, 2.45) is 5.73 Å². The molecule has 0 spiro atoms. The van der Waals surface area contributed by atoms with Gasteiger partial charge < -0.3 is 5.73 Å². The van der Waals surface area contributed by atoms with Crippen molar-refractivity contribution >= 4 is 15.9 Å². The molecule has 18 heavy (non-hydrogen) atoms. The van der Waals surface area contributed by atoms with E-state index in [2.05, 4.69) is 0 Å². The van der Waals surface area contributed by atoms with Gasteiger partial charge in [-0.2, -0.15) is 4.31 Å². The molecule has 0 bridgehead atoms. The highest BCUT2D eigenvalue weighted by atomic mass is 32.2. The molecule has 0 atom stereocenters. The minimum atomic E-state index is -3.75. The van der Waals surface area contributed by atoms with E-state index in [0.717, 1.165) is 16.4 Å². The van der Waals surface area contributed by atoms with Crippen LogP contribution in [-0.4, -0.2) is 31.6 Å². The second-order valence-corrected chi connectivity index (χ2v) is 5.77. The summed E-state index contributed by atoms with van der Waals surface area (Å²) >= 11 is 0. The number of nitrogens with one attached hydrogen (secondary N) is 1. The van der Waals surface area contributed by atoms with Crippen LogP contribution in [0.4, 0.5) is 4.39 Å². The Labute approximate surface area is 106 Å². The number of amidine groups is 1. The van der Waals surface area contributed by atoms with Gasteiger partial charge in [0.1, 0.15) is 11.7 Å². The van der Waals surface area contributed by atoms with Gasteiger partial charge >= 0.3 is 0 Å². The normalized spacial score (nSPS) is 11.8. The molecule has 1 aromatic rings. The first kappa shape index (κ1) is 14.6. The number of nitrogens with zero attached hydrogens (tertiary/aromatic N) is 1. The Morgan fingerprint density at radius 2 is 2.11 bits per heavy atom. The highest BCUT2D eigenvalue weighted by Gasteiger charge is 2.25. The summed E-state index contributed by atoms with van der Waals surface area (Å²) in [7, 11) is -3.75. The number of rotatable bonds is 5. The van der Waals surface area contributed by atoms with E-state index in [1.54, 1.807) is 6.92 Å². The molecule has 1 rings (SSSR count). The summed E-state index contributed by atoms with van der Waals surface area (Å²) in [5, 5.41) is 7.17. The van der Waals surface area contributed by atoms with Crippen molar-refractivity contribution in [3.63, 3.8) is 0 Å². The van der Waals surface area contributed by atoms with Crippen LogP contribution in [0, 0.1) is 18.2 Å². The third-order valence-corrected chi connectivity index (χ3v) is 4.54. The van der Waals surface area contributed by atoms with Gasteiger partial charge in [0.25, 0.3) is 0 Å². The summed E-state index contributed by atoms with van der Waals surface area (Å²) in [6.07, 6.45) is 0. The minimum Gasteiger partial charge on any atom is -0.387 e. The number of nitrogens with two attached hydrogens (primary N) is 1. The topological polar surface area (TPSA) is 87.2 Å². The lowest BCUT2D eigenvalue weighted by Crippen LogP contribution is -2.38. The van der Waals surface area contributed by atoms with E-state index in [9.17, 15) is 12.8 Å². The summed E-state index contributed by atoms with van der Waals surface area (Å²) in [6, 6.07) is 3.48. The molecule has 5 nitrogen and oxygen atoms in total. The van der Waals surface area contributed by atoms with Gasteiger partial charge in [-0.15, -0.1) is 0 Å².